The summed E-state index contributed by atoms with van der Waals surface area (Å²) in [7, 11) is 0. The van der Waals surface area contributed by atoms with E-state index in [1.54, 1.807) is 0 Å². The van der Waals surface area contributed by atoms with Gasteiger partial charge in [-0.15, -0.1) is 0 Å². The van der Waals surface area contributed by atoms with Gasteiger partial charge in [-0.1, -0.05) is 28.4 Å². The molecule has 2 heterocycles. The van der Waals surface area contributed by atoms with Gasteiger partial charge in [0.1, 0.15) is 12.0 Å². The molecule has 7 nitrogen and oxygen atoms in total. The van der Waals surface area contributed by atoms with Crippen molar-refractivity contribution < 1.29 is 32.1 Å². The zero-order chi connectivity index (χ0) is 22.9. The Kier molecular flexibility index (Phi) is 6.14. The van der Waals surface area contributed by atoms with E-state index in [0.717, 1.165) is 24.6 Å². The fourth-order valence-electron chi connectivity index (χ4n) is 2.55. The van der Waals surface area contributed by atoms with Gasteiger partial charge in [-0.25, -0.2) is 4.98 Å². The fourth-order valence-corrected chi connectivity index (χ4v) is 2.93. The number of Topliss-reactive ketones (excluding diaryl/α,β-unsaturated/α-hetero) is 1. The lowest BCUT2D eigenvalue weighted by Crippen LogP contribution is -2.25. The standard InChI is InChI=1S/C19H10Cl2F3N3O4/c1-8-11(7-31-27-8)17(29)15-14(5-10(20)6-25-15)26-18(30)16(28)9-2-3-13(21)12(4-9)19(22,23)24/h2-7H,1H3,(H,26,30). The second-order valence-electron chi connectivity index (χ2n) is 6.17. The molecule has 31 heavy (non-hydrogen) atoms. The summed E-state index contributed by atoms with van der Waals surface area (Å²) in [6.07, 6.45) is -2.60. The number of hydrogen-bond donors (Lipinski definition) is 1. The van der Waals surface area contributed by atoms with Crippen molar-refractivity contribution in [3.8, 4) is 0 Å². The third-order valence-electron chi connectivity index (χ3n) is 4.05. The summed E-state index contributed by atoms with van der Waals surface area (Å²) < 4.78 is 43.8. The van der Waals surface area contributed by atoms with Crippen LogP contribution in [0.4, 0.5) is 18.9 Å². The van der Waals surface area contributed by atoms with E-state index >= 15 is 0 Å². The zero-order valence-corrected chi connectivity index (χ0v) is 16.9. The van der Waals surface area contributed by atoms with Crippen LogP contribution in [-0.2, 0) is 11.0 Å². The highest BCUT2D eigenvalue weighted by Gasteiger charge is 2.34. The number of aryl methyl sites for hydroxylation is 1. The summed E-state index contributed by atoms with van der Waals surface area (Å²) in [6.45, 7) is 1.51. The van der Waals surface area contributed by atoms with Crippen molar-refractivity contribution in [1.82, 2.24) is 10.1 Å². The van der Waals surface area contributed by atoms with Crippen molar-refractivity contribution in [2.24, 2.45) is 0 Å². The molecule has 3 aromatic rings. The van der Waals surface area contributed by atoms with Crippen molar-refractivity contribution in [3.05, 3.63) is 74.8 Å². The second-order valence-corrected chi connectivity index (χ2v) is 7.01. The monoisotopic (exact) mass is 471 g/mol. The Balaban J connectivity index is 1.92. The number of amides is 1. The van der Waals surface area contributed by atoms with Crippen LogP contribution in [0.2, 0.25) is 10.0 Å². The minimum absolute atomic E-state index is 0.0344. The number of benzene rings is 1. The Morgan fingerprint density at radius 1 is 1.13 bits per heavy atom. The van der Waals surface area contributed by atoms with E-state index in [9.17, 15) is 27.6 Å². The van der Waals surface area contributed by atoms with Crippen molar-refractivity contribution in [2.75, 3.05) is 5.32 Å². The van der Waals surface area contributed by atoms with Crippen LogP contribution >= 0.6 is 23.2 Å². The van der Waals surface area contributed by atoms with Gasteiger partial charge in [-0.3, -0.25) is 14.4 Å². The molecule has 0 aliphatic carbocycles. The third kappa shape index (κ3) is 4.75. The van der Waals surface area contributed by atoms with Crippen LogP contribution in [0, 0.1) is 6.92 Å². The Morgan fingerprint density at radius 3 is 2.45 bits per heavy atom. The van der Waals surface area contributed by atoms with Crippen molar-refractivity contribution in [1.29, 1.82) is 0 Å². The summed E-state index contributed by atoms with van der Waals surface area (Å²) in [6, 6.07) is 3.46. The molecule has 0 aliphatic rings. The van der Waals surface area contributed by atoms with Gasteiger partial charge < -0.3 is 9.84 Å². The molecule has 1 aromatic carbocycles. The van der Waals surface area contributed by atoms with Crippen LogP contribution in [0.5, 0.6) is 0 Å². The largest absolute Gasteiger partial charge is 0.417 e. The number of nitrogens with zero attached hydrogens (tertiary/aromatic N) is 2. The van der Waals surface area contributed by atoms with Gasteiger partial charge in [0.2, 0.25) is 5.78 Å². The zero-order valence-electron chi connectivity index (χ0n) is 15.4. The topological polar surface area (TPSA) is 102 Å². The first-order chi connectivity index (χ1) is 14.5. The predicted octanol–water partition coefficient (Wildman–Crippen LogP) is 4.76. The Hall–Kier alpha value is -3.24. The molecule has 0 bridgehead atoms. The molecule has 0 radical (unpaired) electrons. The molecule has 1 amide bonds. The average molecular weight is 472 g/mol. The van der Waals surface area contributed by atoms with E-state index in [1.165, 1.54) is 13.0 Å². The van der Waals surface area contributed by atoms with Crippen LogP contribution in [0.3, 0.4) is 0 Å². The summed E-state index contributed by atoms with van der Waals surface area (Å²) in [5.74, 6) is -3.28. The maximum absolute atomic E-state index is 13.0. The molecule has 0 unspecified atom stereocenters. The van der Waals surface area contributed by atoms with E-state index in [0.29, 0.717) is 6.07 Å². The Morgan fingerprint density at radius 2 is 1.84 bits per heavy atom. The highest BCUT2D eigenvalue weighted by atomic mass is 35.5. The quantitative estimate of drug-likeness (QED) is 0.425. The SMILES string of the molecule is Cc1nocc1C(=O)c1ncc(Cl)cc1NC(=O)C(=O)c1ccc(Cl)c(C(F)(F)F)c1. The molecule has 160 valence electrons. The first kappa shape index (κ1) is 22.4. The first-order valence-corrected chi connectivity index (χ1v) is 9.08. The minimum atomic E-state index is -4.82. The molecule has 0 atom stereocenters. The number of carbonyl (C=O) groups is 3. The van der Waals surface area contributed by atoms with Crippen LogP contribution < -0.4 is 5.32 Å². The Bertz CT molecular complexity index is 1210. The maximum Gasteiger partial charge on any atom is 0.417 e. The van der Waals surface area contributed by atoms with Gasteiger partial charge in [0.15, 0.2) is 0 Å². The lowest BCUT2D eigenvalue weighted by molar-refractivity contribution is -0.137. The minimum Gasteiger partial charge on any atom is -0.364 e. The molecule has 0 aliphatic heterocycles. The normalized spacial score (nSPS) is 11.3. The van der Waals surface area contributed by atoms with Crippen molar-refractivity contribution >= 4 is 46.4 Å². The number of nitrogens with one attached hydrogen (secondary N) is 1. The van der Waals surface area contributed by atoms with Gasteiger partial charge in [0, 0.05) is 11.8 Å². The number of anilines is 1. The van der Waals surface area contributed by atoms with E-state index in [-0.39, 0.29) is 27.7 Å². The molecule has 1 N–H and O–H groups in total. The molecule has 0 spiro atoms. The molecular formula is C19H10Cl2F3N3O4. The van der Waals surface area contributed by atoms with Crippen molar-refractivity contribution in [2.45, 2.75) is 13.1 Å². The van der Waals surface area contributed by atoms with Crippen LogP contribution in [0.15, 0.2) is 41.2 Å². The van der Waals surface area contributed by atoms with Crippen LogP contribution in [0.25, 0.3) is 0 Å². The van der Waals surface area contributed by atoms with E-state index in [1.807, 2.05) is 0 Å². The maximum atomic E-state index is 13.0. The first-order valence-electron chi connectivity index (χ1n) is 8.32. The molecular weight excluding hydrogens is 462 g/mol. The van der Waals surface area contributed by atoms with Gasteiger partial charge >= 0.3 is 6.18 Å². The number of hydrogen-bond acceptors (Lipinski definition) is 6. The molecule has 0 fully saturated rings. The third-order valence-corrected chi connectivity index (χ3v) is 4.59. The van der Waals surface area contributed by atoms with E-state index in [4.69, 9.17) is 27.7 Å². The highest BCUT2D eigenvalue weighted by molar-refractivity contribution is 6.47. The lowest BCUT2D eigenvalue weighted by atomic mass is 10.1. The lowest BCUT2D eigenvalue weighted by Gasteiger charge is -2.12. The van der Waals surface area contributed by atoms with E-state index < -0.39 is 39.8 Å². The smallest absolute Gasteiger partial charge is 0.364 e. The predicted molar refractivity (Wildman–Crippen MR) is 103 cm³/mol. The van der Waals surface area contributed by atoms with E-state index in [2.05, 4.69) is 15.5 Å². The van der Waals surface area contributed by atoms with Crippen LogP contribution in [-0.4, -0.2) is 27.6 Å². The van der Waals surface area contributed by atoms with Gasteiger partial charge in [0.05, 0.1) is 32.6 Å². The van der Waals surface area contributed by atoms with Gasteiger partial charge in [-0.05, 0) is 31.2 Å². The van der Waals surface area contributed by atoms with Crippen molar-refractivity contribution in [3.63, 3.8) is 0 Å². The van der Waals surface area contributed by atoms with Crippen LogP contribution in [0.1, 0.15) is 37.7 Å². The number of pyridine rings is 1. The molecule has 2 aromatic heterocycles. The summed E-state index contributed by atoms with van der Waals surface area (Å²) >= 11 is 11.4. The summed E-state index contributed by atoms with van der Waals surface area (Å²) in [5, 5.41) is 5.15. The fraction of sp³-hybridized carbons (Fsp3) is 0.105. The van der Waals surface area contributed by atoms with Gasteiger partial charge in [-0.2, -0.15) is 13.2 Å². The second kappa shape index (κ2) is 8.48. The number of halogens is 5. The molecule has 0 saturated heterocycles. The molecule has 0 saturated carbocycles. The number of alkyl halides is 3. The molecule has 12 heteroatoms. The number of rotatable bonds is 5. The number of aromatic nitrogens is 2. The highest BCUT2D eigenvalue weighted by Crippen LogP contribution is 2.35. The molecule has 3 rings (SSSR count). The summed E-state index contributed by atoms with van der Waals surface area (Å²) in [4.78, 5) is 41.4. The number of carbonyl (C=O) groups excluding carboxylic acids is 3. The number of ketones is 2. The average Bonchev–Trinajstić information content (AvgIpc) is 3.12. The Labute approximate surface area is 182 Å². The van der Waals surface area contributed by atoms with Gasteiger partial charge in [0.25, 0.3) is 11.7 Å². The summed E-state index contributed by atoms with van der Waals surface area (Å²) in [5.41, 5.74) is -1.99.